The normalized spacial score (nSPS) is 19.0. The van der Waals surface area contributed by atoms with Gasteiger partial charge in [-0.05, 0) is 30.5 Å². The van der Waals surface area contributed by atoms with Crippen LogP contribution in [0.4, 0.5) is 0 Å². The molecule has 1 aromatic carbocycles. The van der Waals surface area contributed by atoms with Crippen LogP contribution in [0.1, 0.15) is 37.7 Å². The number of primary amides is 1. The number of carbonyl (C=O) groups excluding carboxylic acids is 1. The number of amides is 1. The predicted octanol–water partition coefficient (Wildman–Crippen LogP) is 3.00. The number of nitrogens with one attached hydrogen (secondary N) is 1. The number of guanidine groups is 1. The Morgan fingerprint density at radius 2 is 2.14 bits per heavy atom. The molecule has 1 aromatic rings. The molecule has 2 aliphatic rings. The second-order valence-corrected chi connectivity index (χ2v) is 8.88. The van der Waals surface area contributed by atoms with Crippen LogP contribution in [0.15, 0.2) is 29.3 Å². The fourth-order valence-electron chi connectivity index (χ4n) is 3.94. The molecular formula is C20H31IN4O2S. The molecule has 3 rings (SSSR count). The average molecular weight is 518 g/mol. The van der Waals surface area contributed by atoms with Gasteiger partial charge in [-0.3, -0.25) is 9.79 Å². The van der Waals surface area contributed by atoms with Crippen LogP contribution >= 0.6 is 35.7 Å². The predicted molar refractivity (Wildman–Crippen MR) is 127 cm³/mol. The van der Waals surface area contributed by atoms with Crippen molar-refractivity contribution < 1.29 is 9.53 Å². The number of aliphatic imine (C=N–C) groups is 1. The van der Waals surface area contributed by atoms with Gasteiger partial charge in [0.05, 0.1) is 0 Å². The Labute approximate surface area is 189 Å². The zero-order valence-corrected chi connectivity index (χ0v) is 19.6. The van der Waals surface area contributed by atoms with E-state index in [0.29, 0.717) is 17.0 Å². The number of hydrogen-bond donors (Lipinski definition) is 2. The zero-order chi connectivity index (χ0) is 19.1. The molecule has 8 heteroatoms. The third-order valence-corrected chi connectivity index (χ3v) is 6.79. The molecule has 0 radical (unpaired) electrons. The van der Waals surface area contributed by atoms with Gasteiger partial charge in [-0.2, -0.15) is 11.8 Å². The van der Waals surface area contributed by atoms with E-state index in [0.717, 1.165) is 30.4 Å². The Bertz CT molecular complexity index is 674. The van der Waals surface area contributed by atoms with Crippen molar-refractivity contribution in [2.75, 3.05) is 32.5 Å². The first-order chi connectivity index (χ1) is 13.1. The van der Waals surface area contributed by atoms with E-state index in [1.807, 2.05) is 31.3 Å². The number of benzene rings is 1. The second-order valence-electron chi connectivity index (χ2n) is 7.32. The lowest BCUT2D eigenvalue weighted by Crippen LogP contribution is -2.53. The number of hydrogen-bond acceptors (Lipinski definition) is 4. The highest BCUT2D eigenvalue weighted by atomic mass is 127. The van der Waals surface area contributed by atoms with Gasteiger partial charge in [0, 0.05) is 37.2 Å². The van der Waals surface area contributed by atoms with Crippen molar-refractivity contribution in [3.63, 3.8) is 0 Å². The second kappa shape index (κ2) is 11.1. The van der Waals surface area contributed by atoms with E-state index in [2.05, 4.69) is 27.0 Å². The molecule has 0 aromatic heterocycles. The van der Waals surface area contributed by atoms with E-state index in [1.165, 1.54) is 32.1 Å². The summed E-state index contributed by atoms with van der Waals surface area (Å²) in [7, 11) is 1.85. The first-order valence-corrected chi connectivity index (χ1v) is 10.7. The number of rotatable bonds is 5. The van der Waals surface area contributed by atoms with Gasteiger partial charge in [0.15, 0.2) is 12.6 Å². The van der Waals surface area contributed by atoms with Crippen molar-refractivity contribution in [1.82, 2.24) is 10.2 Å². The summed E-state index contributed by atoms with van der Waals surface area (Å²) in [6.45, 7) is 2.68. The molecule has 1 saturated carbocycles. The van der Waals surface area contributed by atoms with Gasteiger partial charge in [-0.25, -0.2) is 0 Å². The molecule has 2 fully saturated rings. The highest BCUT2D eigenvalue weighted by Crippen LogP contribution is 2.42. The molecule has 1 saturated heterocycles. The lowest BCUT2D eigenvalue weighted by molar-refractivity contribution is -0.119. The minimum Gasteiger partial charge on any atom is -0.484 e. The standard InChI is InChI=1S/C20H30N4O2S.HI/c1-22-19(24-10-11-27-20(15-24)8-3-2-4-9-20)23-13-16-6-5-7-17(12-16)26-14-18(21)25;/h5-7,12H,2-4,8-11,13-15H2,1H3,(H2,21,25)(H,22,23);1H. The van der Waals surface area contributed by atoms with Gasteiger partial charge in [-0.15, -0.1) is 24.0 Å². The molecule has 28 heavy (non-hydrogen) atoms. The molecule has 1 aliphatic carbocycles. The first-order valence-electron chi connectivity index (χ1n) is 9.70. The third kappa shape index (κ3) is 6.43. The van der Waals surface area contributed by atoms with Gasteiger partial charge in [0.2, 0.25) is 0 Å². The molecular weight excluding hydrogens is 487 g/mol. The molecule has 6 nitrogen and oxygen atoms in total. The number of halogens is 1. The zero-order valence-electron chi connectivity index (χ0n) is 16.5. The van der Waals surface area contributed by atoms with E-state index >= 15 is 0 Å². The Hall–Kier alpha value is -1.16. The van der Waals surface area contributed by atoms with Crippen LogP contribution in [0.3, 0.4) is 0 Å². The number of nitrogens with two attached hydrogens (primary N) is 1. The van der Waals surface area contributed by atoms with Crippen LogP contribution < -0.4 is 15.8 Å². The fraction of sp³-hybridized carbons (Fsp3) is 0.600. The number of ether oxygens (including phenoxy) is 1. The summed E-state index contributed by atoms with van der Waals surface area (Å²) in [5, 5.41) is 3.49. The van der Waals surface area contributed by atoms with E-state index in [1.54, 1.807) is 0 Å². The van der Waals surface area contributed by atoms with Crippen molar-refractivity contribution in [1.29, 1.82) is 0 Å². The maximum Gasteiger partial charge on any atom is 0.255 e. The summed E-state index contributed by atoms with van der Waals surface area (Å²) in [5.41, 5.74) is 6.22. The van der Waals surface area contributed by atoms with E-state index in [9.17, 15) is 4.79 Å². The smallest absolute Gasteiger partial charge is 0.255 e. The monoisotopic (exact) mass is 518 g/mol. The maximum atomic E-state index is 10.9. The summed E-state index contributed by atoms with van der Waals surface area (Å²) in [6, 6.07) is 7.71. The summed E-state index contributed by atoms with van der Waals surface area (Å²) < 4.78 is 5.80. The highest BCUT2D eigenvalue weighted by Gasteiger charge is 2.38. The van der Waals surface area contributed by atoms with Gasteiger partial charge in [-0.1, -0.05) is 31.4 Å². The minimum absolute atomic E-state index is 0. The van der Waals surface area contributed by atoms with Crippen molar-refractivity contribution in [3.05, 3.63) is 29.8 Å². The van der Waals surface area contributed by atoms with Crippen molar-refractivity contribution >= 4 is 47.6 Å². The molecule has 0 bridgehead atoms. The van der Waals surface area contributed by atoms with E-state index < -0.39 is 5.91 Å². The molecule has 0 unspecified atom stereocenters. The summed E-state index contributed by atoms with van der Waals surface area (Å²) >= 11 is 2.16. The van der Waals surface area contributed by atoms with E-state index in [4.69, 9.17) is 10.5 Å². The third-order valence-electron chi connectivity index (χ3n) is 5.25. The molecule has 0 atom stereocenters. The van der Waals surface area contributed by atoms with Gasteiger partial charge >= 0.3 is 0 Å². The molecule has 1 amide bonds. The Kier molecular flexibility index (Phi) is 9.20. The van der Waals surface area contributed by atoms with Crippen LogP contribution in [0.5, 0.6) is 5.75 Å². The lowest BCUT2D eigenvalue weighted by Gasteiger charge is -2.45. The maximum absolute atomic E-state index is 10.9. The highest BCUT2D eigenvalue weighted by molar-refractivity contribution is 14.0. The number of nitrogens with zero attached hydrogens (tertiary/aromatic N) is 2. The summed E-state index contributed by atoms with van der Waals surface area (Å²) in [6.07, 6.45) is 6.73. The molecule has 3 N–H and O–H groups in total. The van der Waals surface area contributed by atoms with Crippen LogP contribution in [-0.4, -0.2) is 54.0 Å². The topological polar surface area (TPSA) is 80.0 Å². The van der Waals surface area contributed by atoms with Gasteiger partial charge in [0.25, 0.3) is 5.91 Å². The molecule has 1 aliphatic heterocycles. The first kappa shape index (κ1) is 23.1. The summed E-state index contributed by atoms with van der Waals surface area (Å²) in [5.74, 6) is 2.30. The van der Waals surface area contributed by atoms with Crippen molar-refractivity contribution in [3.8, 4) is 5.75 Å². The Morgan fingerprint density at radius 3 is 2.86 bits per heavy atom. The lowest BCUT2D eigenvalue weighted by atomic mass is 9.87. The largest absolute Gasteiger partial charge is 0.484 e. The van der Waals surface area contributed by atoms with Crippen LogP contribution in [0.25, 0.3) is 0 Å². The number of thioether (sulfide) groups is 1. The van der Waals surface area contributed by atoms with Crippen LogP contribution in [0, 0.1) is 0 Å². The van der Waals surface area contributed by atoms with Crippen LogP contribution in [-0.2, 0) is 11.3 Å². The number of carbonyl (C=O) groups is 1. The average Bonchev–Trinajstić information content (AvgIpc) is 2.68. The van der Waals surface area contributed by atoms with Gasteiger partial charge in [0.1, 0.15) is 5.75 Å². The SMILES string of the molecule is CN=C(NCc1cccc(OCC(N)=O)c1)N1CCSC2(CCCCC2)C1.I. The molecule has 1 spiro atoms. The van der Waals surface area contributed by atoms with E-state index in [-0.39, 0.29) is 30.6 Å². The van der Waals surface area contributed by atoms with Crippen LogP contribution in [0.2, 0.25) is 0 Å². The molecule has 1 heterocycles. The molecule has 156 valence electrons. The summed E-state index contributed by atoms with van der Waals surface area (Å²) in [4.78, 5) is 17.8. The fourth-order valence-corrected chi connectivity index (χ4v) is 5.51. The quantitative estimate of drug-likeness (QED) is 0.356. The van der Waals surface area contributed by atoms with Crippen molar-refractivity contribution in [2.45, 2.75) is 43.4 Å². The van der Waals surface area contributed by atoms with Crippen molar-refractivity contribution in [2.24, 2.45) is 10.7 Å². The van der Waals surface area contributed by atoms with Gasteiger partial charge < -0.3 is 20.7 Å². The Balaban J connectivity index is 0.00000280. The Morgan fingerprint density at radius 1 is 1.36 bits per heavy atom. The minimum atomic E-state index is -0.474.